The van der Waals surface area contributed by atoms with E-state index in [1.54, 1.807) is 7.11 Å². The molecule has 0 aliphatic carbocycles. The third-order valence-electron chi connectivity index (χ3n) is 3.01. The molecule has 0 aromatic carbocycles. The number of nitrogens with zero attached hydrogens (tertiary/aromatic N) is 2. The third-order valence-corrected chi connectivity index (χ3v) is 3.01. The monoisotopic (exact) mass is 239 g/mol. The van der Waals surface area contributed by atoms with Gasteiger partial charge in [0.1, 0.15) is 0 Å². The van der Waals surface area contributed by atoms with Crippen molar-refractivity contribution in [1.29, 1.82) is 0 Å². The minimum atomic E-state index is 0.469. The second-order valence-electron chi connectivity index (χ2n) is 4.35. The Balaban J connectivity index is 2.60. The van der Waals surface area contributed by atoms with Crippen molar-refractivity contribution in [1.82, 2.24) is 15.1 Å². The molecule has 0 spiro atoms. The average Bonchev–Trinajstić information content (AvgIpc) is 2.77. The van der Waals surface area contributed by atoms with Crippen molar-refractivity contribution in [3.8, 4) is 5.75 Å². The van der Waals surface area contributed by atoms with Gasteiger partial charge in [-0.3, -0.25) is 4.68 Å². The van der Waals surface area contributed by atoms with E-state index in [-0.39, 0.29) is 0 Å². The predicted octanol–water partition coefficient (Wildman–Crippen LogP) is 2.40. The Morgan fingerprint density at radius 3 is 2.76 bits per heavy atom. The van der Waals surface area contributed by atoms with Crippen LogP contribution in [0.2, 0.25) is 0 Å². The molecule has 0 bridgehead atoms. The van der Waals surface area contributed by atoms with Crippen molar-refractivity contribution in [3.05, 3.63) is 11.9 Å². The fourth-order valence-electron chi connectivity index (χ4n) is 2.04. The summed E-state index contributed by atoms with van der Waals surface area (Å²) in [5.74, 6) is 1.38. The standard InChI is InChI=1S/C13H25N3O/c1-5-8-14-9-7-11(3)13-12(17-4)10-15-16(13)6-2/h10-11,14H,5-9H2,1-4H3. The largest absolute Gasteiger partial charge is 0.493 e. The lowest BCUT2D eigenvalue weighted by Crippen LogP contribution is -2.18. The zero-order chi connectivity index (χ0) is 12.7. The van der Waals surface area contributed by atoms with Crippen molar-refractivity contribution < 1.29 is 4.74 Å². The number of rotatable bonds is 8. The molecule has 1 aromatic heterocycles. The molecule has 0 radical (unpaired) electrons. The van der Waals surface area contributed by atoms with Crippen LogP contribution in [0, 0.1) is 0 Å². The molecule has 0 aliphatic rings. The van der Waals surface area contributed by atoms with Crippen molar-refractivity contribution >= 4 is 0 Å². The van der Waals surface area contributed by atoms with Gasteiger partial charge < -0.3 is 10.1 Å². The highest BCUT2D eigenvalue weighted by Crippen LogP contribution is 2.28. The van der Waals surface area contributed by atoms with Crippen molar-refractivity contribution in [2.75, 3.05) is 20.2 Å². The Morgan fingerprint density at radius 2 is 2.18 bits per heavy atom. The van der Waals surface area contributed by atoms with Crippen LogP contribution in [-0.2, 0) is 6.54 Å². The zero-order valence-corrected chi connectivity index (χ0v) is 11.5. The maximum atomic E-state index is 5.37. The van der Waals surface area contributed by atoms with Crippen molar-refractivity contribution in [2.45, 2.75) is 46.1 Å². The van der Waals surface area contributed by atoms with Crippen LogP contribution < -0.4 is 10.1 Å². The Morgan fingerprint density at radius 1 is 1.41 bits per heavy atom. The third kappa shape index (κ3) is 3.73. The number of ether oxygens (including phenoxy) is 1. The number of methoxy groups -OCH3 is 1. The van der Waals surface area contributed by atoms with Gasteiger partial charge in [0.15, 0.2) is 5.75 Å². The summed E-state index contributed by atoms with van der Waals surface area (Å²) < 4.78 is 7.40. The van der Waals surface area contributed by atoms with Crippen LogP contribution in [0.5, 0.6) is 5.75 Å². The second kappa shape index (κ2) is 7.33. The van der Waals surface area contributed by atoms with Gasteiger partial charge in [-0.05, 0) is 32.9 Å². The van der Waals surface area contributed by atoms with E-state index in [4.69, 9.17) is 4.74 Å². The fraction of sp³-hybridized carbons (Fsp3) is 0.769. The number of hydrogen-bond acceptors (Lipinski definition) is 3. The summed E-state index contributed by atoms with van der Waals surface area (Å²) in [5, 5.41) is 7.77. The van der Waals surface area contributed by atoms with Gasteiger partial charge in [0.05, 0.1) is 19.0 Å². The van der Waals surface area contributed by atoms with E-state index in [2.05, 4.69) is 31.2 Å². The minimum absolute atomic E-state index is 0.469. The van der Waals surface area contributed by atoms with E-state index in [0.29, 0.717) is 5.92 Å². The quantitative estimate of drug-likeness (QED) is 0.708. The summed E-state index contributed by atoms with van der Waals surface area (Å²) in [6.45, 7) is 9.57. The topological polar surface area (TPSA) is 39.1 Å². The van der Waals surface area contributed by atoms with Crippen LogP contribution in [0.15, 0.2) is 6.20 Å². The molecule has 0 saturated carbocycles. The highest BCUT2D eigenvalue weighted by atomic mass is 16.5. The number of nitrogens with one attached hydrogen (secondary N) is 1. The summed E-state index contributed by atoms with van der Waals surface area (Å²) in [5.41, 5.74) is 1.22. The maximum absolute atomic E-state index is 5.37. The maximum Gasteiger partial charge on any atom is 0.160 e. The molecular formula is C13H25N3O. The fourth-order valence-corrected chi connectivity index (χ4v) is 2.04. The van der Waals surface area contributed by atoms with Gasteiger partial charge in [-0.15, -0.1) is 0 Å². The first kappa shape index (κ1) is 14.0. The van der Waals surface area contributed by atoms with Crippen LogP contribution in [0.1, 0.15) is 45.2 Å². The Hall–Kier alpha value is -1.03. The smallest absolute Gasteiger partial charge is 0.160 e. The van der Waals surface area contributed by atoms with Crippen LogP contribution in [0.3, 0.4) is 0 Å². The van der Waals surface area contributed by atoms with E-state index in [1.165, 1.54) is 12.1 Å². The van der Waals surface area contributed by atoms with Gasteiger partial charge in [0.2, 0.25) is 0 Å². The Labute approximate surface area is 104 Å². The van der Waals surface area contributed by atoms with Crippen molar-refractivity contribution in [3.63, 3.8) is 0 Å². The number of hydrogen-bond donors (Lipinski definition) is 1. The van der Waals surface area contributed by atoms with Crippen molar-refractivity contribution in [2.24, 2.45) is 0 Å². The van der Waals surface area contributed by atoms with E-state index in [9.17, 15) is 0 Å². The highest BCUT2D eigenvalue weighted by Gasteiger charge is 2.16. The molecule has 1 atom stereocenters. The number of aryl methyl sites for hydroxylation is 1. The molecule has 0 fully saturated rings. The lowest BCUT2D eigenvalue weighted by Gasteiger charge is -2.15. The molecule has 1 aromatic rings. The highest BCUT2D eigenvalue weighted by molar-refractivity contribution is 5.28. The van der Waals surface area contributed by atoms with Crippen LogP contribution in [0.25, 0.3) is 0 Å². The summed E-state index contributed by atoms with van der Waals surface area (Å²) in [4.78, 5) is 0. The van der Waals surface area contributed by atoms with Gasteiger partial charge in [-0.1, -0.05) is 13.8 Å². The van der Waals surface area contributed by atoms with Gasteiger partial charge in [-0.2, -0.15) is 5.10 Å². The molecule has 4 nitrogen and oxygen atoms in total. The SMILES string of the molecule is CCCNCCC(C)c1c(OC)cnn1CC. The number of aromatic nitrogens is 2. The molecular weight excluding hydrogens is 214 g/mol. The normalized spacial score (nSPS) is 12.7. The van der Waals surface area contributed by atoms with Crippen LogP contribution >= 0.6 is 0 Å². The van der Waals surface area contributed by atoms with Gasteiger partial charge in [-0.25, -0.2) is 0 Å². The molecule has 1 heterocycles. The molecule has 0 aliphatic heterocycles. The van der Waals surface area contributed by atoms with E-state index < -0.39 is 0 Å². The molecule has 1 N–H and O–H groups in total. The lowest BCUT2D eigenvalue weighted by molar-refractivity contribution is 0.400. The molecule has 4 heteroatoms. The molecule has 17 heavy (non-hydrogen) atoms. The molecule has 0 saturated heterocycles. The van der Waals surface area contributed by atoms with Gasteiger partial charge in [0, 0.05) is 12.5 Å². The van der Waals surface area contributed by atoms with Crippen LogP contribution in [0.4, 0.5) is 0 Å². The van der Waals surface area contributed by atoms with Crippen LogP contribution in [-0.4, -0.2) is 30.0 Å². The minimum Gasteiger partial charge on any atom is -0.493 e. The van der Waals surface area contributed by atoms with Gasteiger partial charge >= 0.3 is 0 Å². The molecule has 1 rings (SSSR count). The van der Waals surface area contributed by atoms with E-state index >= 15 is 0 Å². The predicted molar refractivity (Wildman–Crippen MR) is 70.6 cm³/mol. The lowest BCUT2D eigenvalue weighted by atomic mass is 10.0. The summed E-state index contributed by atoms with van der Waals surface area (Å²) >= 11 is 0. The molecule has 98 valence electrons. The summed E-state index contributed by atoms with van der Waals surface area (Å²) in [7, 11) is 1.71. The molecule has 1 unspecified atom stereocenters. The average molecular weight is 239 g/mol. The summed E-state index contributed by atoms with van der Waals surface area (Å²) in [6, 6.07) is 0. The Kier molecular flexibility index (Phi) is 6.05. The first-order chi connectivity index (χ1) is 8.24. The van der Waals surface area contributed by atoms with E-state index in [0.717, 1.165) is 31.8 Å². The first-order valence-electron chi connectivity index (χ1n) is 6.54. The Bertz CT molecular complexity index is 301. The zero-order valence-electron chi connectivity index (χ0n) is 11.5. The first-order valence-corrected chi connectivity index (χ1v) is 6.54. The summed E-state index contributed by atoms with van der Waals surface area (Å²) in [6.07, 6.45) is 4.11. The van der Waals surface area contributed by atoms with E-state index in [1.807, 2.05) is 10.9 Å². The molecule has 0 amide bonds. The second-order valence-corrected chi connectivity index (χ2v) is 4.35. The van der Waals surface area contributed by atoms with Gasteiger partial charge in [0.25, 0.3) is 0 Å².